The maximum Gasteiger partial charge on any atom is 0.267 e. The molecule has 1 rings (SSSR count). The number of carbonyl (C=O) groups excluding carboxylic acids is 1. The van der Waals surface area contributed by atoms with Crippen LogP contribution >= 0.6 is 10.7 Å². The van der Waals surface area contributed by atoms with Crippen LogP contribution in [0.25, 0.3) is 0 Å². The van der Waals surface area contributed by atoms with E-state index in [9.17, 15) is 13.2 Å². The third-order valence-electron chi connectivity index (χ3n) is 3.00. The molecule has 1 aromatic rings. The Hall–Kier alpha value is -1.01. The maximum atomic E-state index is 11.7. The number of aromatic amines is 1. The first-order valence-corrected chi connectivity index (χ1v) is 9.17. The molecule has 114 valence electrons. The van der Waals surface area contributed by atoms with E-state index in [1.165, 1.54) is 37.9 Å². The molecule has 0 aliphatic heterocycles. The third kappa shape index (κ3) is 5.96. The summed E-state index contributed by atoms with van der Waals surface area (Å²) in [5.74, 6) is -0.315. The maximum absolute atomic E-state index is 11.7. The Labute approximate surface area is 124 Å². The lowest BCUT2D eigenvalue weighted by molar-refractivity contribution is 0.0948. The van der Waals surface area contributed by atoms with Crippen molar-refractivity contribution in [2.75, 3.05) is 6.54 Å². The van der Waals surface area contributed by atoms with Crippen molar-refractivity contribution in [1.82, 2.24) is 10.3 Å². The molecule has 0 saturated carbocycles. The topological polar surface area (TPSA) is 79.0 Å². The zero-order valence-corrected chi connectivity index (χ0v) is 13.2. The standard InChI is InChI=1S/C13H21ClN2O3S/c1-2-3-4-5-6-7-8-15-13(17)12-9-11(10-16-12)20(14,18)19/h9-10,16H,2-8H2,1H3,(H,15,17). The molecule has 5 nitrogen and oxygen atoms in total. The Kier molecular flexibility index (Phi) is 7.09. The molecule has 0 aromatic carbocycles. The lowest BCUT2D eigenvalue weighted by atomic mass is 10.1. The molecule has 1 amide bonds. The van der Waals surface area contributed by atoms with Gasteiger partial charge in [-0.3, -0.25) is 4.79 Å². The molecule has 0 bridgehead atoms. The van der Waals surface area contributed by atoms with Crippen molar-refractivity contribution >= 4 is 25.6 Å². The van der Waals surface area contributed by atoms with Crippen LogP contribution in [0.15, 0.2) is 17.2 Å². The average Bonchev–Trinajstić information content (AvgIpc) is 2.87. The lowest BCUT2D eigenvalue weighted by Crippen LogP contribution is -2.24. The summed E-state index contributed by atoms with van der Waals surface area (Å²) in [5, 5.41) is 2.75. The fraction of sp³-hybridized carbons (Fsp3) is 0.615. The van der Waals surface area contributed by atoms with E-state index in [0.29, 0.717) is 6.54 Å². The van der Waals surface area contributed by atoms with Crippen molar-refractivity contribution in [2.45, 2.75) is 50.3 Å². The van der Waals surface area contributed by atoms with E-state index in [2.05, 4.69) is 17.2 Å². The number of unbranched alkanes of at least 4 members (excludes halogenated alkanes) is 5. The van der Waals surface area contributed by atoms with E-state index >= 15 is 0 Å². The molecule has 0 aliphatic rings. The zero-order chi connectivity index (χ0) is 15.0. The molecule has 0 atom stereocenters. The second-order valence-electron chi connectivity index (χ2n) is 4.71. The van der Waals surface area contributed by atoms with Crippen molar-refractivity contribution < 1.29 is 13.2 Å². The summed E-state index contributed by atoms with van der Waals surface area (Å²) in [6, 6.07) is 1.24. The van der Waals surface area contributed by atoms with E-state index < -0.39 is 9.05 Å². The van der Waals surface area contributed by atoms with Crippen LogP contribution in [0, 0.1) is 0 Å². The molecule has 0 saturated heterocycles. The Morgan fingerprint density at radius 1 is 1.25 bits per heavy atom. The summed E-state index contributed by atoms with van der Waals surface area (Å²) >= 11 is 0. The number of rotatable bonds is 9. The summed E-state index contributed by atoms with van der Waals surface area (Å²) in [7, 11) is 1.39. The number of halogens is 1. The second kappa shape index (κ2) is 8.32. The molecule has 2 N–H and O–H groups in total. The van der Waals surface area contributed by atoms with Gasteiger partial charge in [0, 0.05) is 23.4 Å². The number of carbonyl (C=O) groups is 1. The molecule has 7 heteroatoms. The first kappa shape index (κ1) is 17.0. The van der Waals surface area contributed by atoms with Gasteiger partial charge in [-0.15, -0.1) is 0 Å². The highest BCUT2D eigenvalue weighted by Crippen LogP contribution is 2.15. The van der Waals surface area contributed by atoms with Gasteiger partial charge in [-0.1, -0.05) is 39.0 Å². The smallest absolute Gasteiger partial charge is 0.267 e. The highest BCUT2D eigenvalue weighted by Gasteiger charge is 2.15. The minimum absolute atomic E-state index is 0.0936. The van der Waals surface area contributed by atoms with Crippen molar-refractivity contribution in [3.8, 4) is 0 Å². The van der Waals surface area contributed by atoms with Crippen LogP contribution in [-0.4, -0.2) is 25.9 Å². The molecular formula is C13H21ClN2O3S. The highest BCUT2D eigenvalue weighted by atomic mass is 35.7. The first-order valence-electron chi connectivity index (χ1n) is 6.86. The van der Waals surface area contributed by atoms with Crippen LogP contribution in [0.3, 0.4) is 0 Å². The van der Waals surface area contributed by atoms with Gasteiger partial charge in [-0.05, 0) is 12.5 Å². The molecule has 0 aliphatic carbocycles. The van der Waals surface area contributed by atoms with Gasteiger partial charge in [0.15, 0.2) is 0 Å². The predicted molar refractivity (Wildman–Crippen MR) is 79.5 cm³/mol. The molecule has 0 spiro atoms. The largest absolute Gasteiger partial charge is 0.356 e. The van der Waals surface area contributed by atoms with E-state index in [4.69, 9.17) is 10.7 Å². The molecule has 1 heterocycles. The van der Waals surface area contributed by atoms with Gasteiger partial charge in [0.1, 0.15) is 10.6 Å². The minimum Gasteiger partial charge on any atom is -0.356 e. The third-order valence-corrected chi connectivity index (χ3v) is 4.33. The number of H-pyrrole nitrogens is 1. The second-order valence-corrected chi connectivity index (χ2v) is 7.28. The Morgan fingerprint density at radius 3 is 2.50 bits per heavy atom. The first-order chi connectivity index (χ1) is 9.45. The monoisotopic (exact) mass is 320 g/mol. The number of amides is 1. The van der Waals surface area contributed by atoms with Crippen LogP contribution < -0.4 is 5.32 Å². The van der Waals surface area contributed by atoms with Crippen LogP contribution in [0.1, 0.15) is 55.9 Å². The van der Waals surface area contributed by atoms with Crippen molar-refractivity contribution in [3.63, 3.8) is 0 Å². The summed E-state index contributed by atoms with van der Waals surface area (Å²) in [4.78, 5) is 14.3. The van der Waals surface area contributed by atoms with Crippen LogP contribution in [0.5, 0.6) is 0 Å². The predicted octanol–water partition coefficient (Wildman–Crippen LogP) is 3.03. The van der Waals surface area contributed by atoms with Crippen LogP contribution in [0.2, 0.25) is 0 Å². The van der Waals surface area contributed by atoms with E-state index in [-0.39, 0.29) is 16.5 Å². The Bertz CT molecular complexity index is 525. The van der Waals surface area contributed by atoms with E-state index in [0.717, 1.165) is 12.8 Å². The van der Waals surface area contributed by atoms with Gasteiger partial charge in [-0.2, -0.15) is 0 Å². The summed E-state index contributed by atoms with van der Waals surface area (Å²) in [6.45, 7) is 2.76. The zero-order valence-electron chi connectivity index (χ0n) is 11.6. The molecule has 0 radical (unpaired) electrons. The molecule has 0 unspecified atom stereocenters. The highest BCUT2D eigenvalue weighted by molar-refractivity contribution is 8.13. The van der Waals surface area contributed by atoms with E-state index in [1.54, 1.807) is 0 Å². The van der Waals surface area contributed by atoms with Crippen molar-refractivity contribution in [2.24, 2.45) is 0 Å². The Balaban J connectivity index is 2.28. The van der Waals surface area contributed by atoms with Gasteiger partial charge in [-0.25, -0.2) is 8.42 Å². The minimum atomic E-state index is -3.79. The van der Waals surface area contributed by atoms with Crippen molar-refractivity contribution in [1.29, 1.82) is 0 Å². The van der Waals surface area contributed by atoms with Crippen LogP contribution in [-0.2, 0) is 9.05 Å². The molecular weight excluding hydrogens is 300 g/mol. The summed E-state index contributed by atoms with van der Waals surface area (Å²) < 4.78 is 22.1. The number of hydrogen-bond acceptors (Lipinski definition) is 3. The van der Waals surface area contributed by atoms with E-state index in [1.807, 2.05) is 0 Å². The normalized spacial score (nSPS) is 11.5. The number of nitrogens with one attached hydrogen (secondary N) is 2. The van der Waals surface area contributed by atoms with Gasteiger partial charge >= 0.3 is 0 Å². The average molecular weight is 321 g/mol. The van der Waals surface area contributed by atoms with Gasteiger partial charge in [0.25, 0.3) is 15.0 Å². The fourth-order valence-electron chi connectivity index (χ4n) is 1.85. The lowest BCUT2D eigenvalue weighted by Gasteiger charge is -2.03. The quantitative estimate of drug-likeness (QED) is 0.542. The SMILES string of the molecule is CCCCCCCCNC(=O)c1cc(S(=O)(=O)Cl)c[nH]1. The van der Waals surface area contributed by atoms with Crippen LogP contribution in [0.4, 0.5) is 0 Å². The number of aromatic nitrogens is 1. The fourth-order valence-corrected chi connectivity index (χ4v) is 2.57. The van der Waals surface area contributed by atoms with Gasteiger partial charge < -0.3 is 10.3 Å². The van der Waals surface area contributed by atoms with Gasteiger partial charge in [0.2, 0.25) is 0 Å². The Morgan fingerprint density at radius 2 is 1.90 bits per heavy atom. The van der Waals surface area contributed by atoms with Gasteiger partial charge in [0.05, 0.1) is 0 Å². The van der Waals surface area contributed by atoms with Crippen molar-refractivity contribution in [3.05, 3.63) is 18.0 Å². The molecule has 20 heavy (non-hydrogen) atoms. The number of hydrogen-bond donors (Lipinski definition) is 2. The molecule has 1 aromatic heterocycles. The summed E-state index contributed by atoms with van der Waals surface area (Å²) in [5.41, 5.74) is 0.204. The molecule has 0 fully saturated rings. The summed E-state index contributed by atoms with van der Waals surface area (Å²) in [6.07, 6.45) is 8.11.